The zero-order valence-electron chi connectivity index (χ0n) is 29.7. The van der Waals surface area contributed by atoms with Crippen LogP contribution in [0.1, 0.15) is 11.8 Å². The third-order valence-electron chi connectivity index (χ3n) is 11.4. The van der Waals surface area contributed by atoms with Crippen molar-refractivity contribution in [2.75, 3.05) is 5.32 Å². The summed E-state index contributed by atoms with van der Waals surface area (Å²) in [7, 11) is 0. The van der Waals surface area contributed by atoms with Gasteiger partial charge in [-0.05, 0) is 75.3 Å². The summed E-state index contributed by atoms with van der Waals surface area (Å²) in [5.74, 6) is 0.819. The molecule has 0 aliphatic carbocycles. The number of rotatable bonds is 4. The Hall–Kier alpha value is -7.30. The van der Waals surface area contributed by atoms with E-state index in [1.165, 1.54) is 54.5 Å². The second-order valence-electron chi connectivity index (χ2n) is 14.5. The van der Waals surface area contributed by atoms with Crippen molar-refractivity contribution in [2.45, 2.75) is 6.23 Å². The normalized spacial score (nSPS) is 13.9. The van der Waals surface area contributed by atoms with Crippen molar-refractivity contribution >= 4 is 71.0 Å². The van der Waals surface area contributed by atoms with E-state index in [1.54, 1.807) is 0 Å². The monoisotopic (exact) mass is 704 g/mol. The Kier molecular flexibility index (Phi) is 6.37. The standard InChI is InChI=1S/C51H32N2O2/c1-2-13-32(14-3-1)41-29-43-38-17-8-10-20-44(38)53(49(43)39-18-7-6-16-37(39)41)36-26-24-33(25-27-36)51-52-48-46(55-51)30-42(35-23-22-31-12-4-5-15-34(31)28-35)50-47(48)40-19-9-11-21-45(40)54-50/h1-30,51-52H. The van der Waals surface area contributed by atoms with Gasteiger partial charge >= 0.3 is 0 Å². The van der Waals surface area contributed by atoms with E-state index in [1.807, 2.05) is 12.1 Å². The molecule has 0 saturated heterocycles. The average Bonchev–Trinajstić information content (AvgIpc) is 3.95. The summed E-state index contributed by atoms with van der Waals surface area (Å²) >= 11 is 0. The molecule has 0 fully saturated rings. The van der Waals surface area contributed by atoms with Crippen molar-refractivity contribution < 1.29 is 9.15 Å². The number of nitrogens with one attached hydrogen (secondary N) is 1. The smallest absolute Gasteiger partial charge is 0.196 e. The van der Waals surface area contributed by atoms with Gasteiger partial charge in [-0.3, -0.25) is 0 Å². The lowest BCUT2D eigenvalue weighted by Gasteiger charge is -2.15. The van der Waals surface area contributed by atoms with Crippen molar-refractivity contribution in [1.82, 2.24) is 4.57 Å². The van der Waals surface area contributed by atoms with Crippen LogP contribution in [0, 0.1) is 0 Å². The largest absolute Gasteiger partial charge is 0.464 e. The molecule has 1 unspecified atom stereocenters. The lowest BCUT2D eigenvalue weighted by Crippen LogP contribution is -2.10. The summed E-state index contributed by atoms with van der Waals surface area (Å²) in [4.78, 5) is 0. The van der Waals surface area contributed by atoms with Gasteiger partial charge in [-0.25, -0.2) is 0 Å². The highest BCUT2D eigenvalue weighted by molar-refractivity contribution is 6.22. The van der Waals surface area contributed by atoms with E-state index in [9.17, 15) is 0 Å². The third-order valence-corrected chi connectivity index (χ3v) is 11.4. The maximum Gasteiger partial charge on any atom is 0.196 e. The van der Waals surface area contributed by atoms with Crippen LogP contribution >= 0.6 is 0 Å². The van der Waals surface area contributed by atoms with E-state index in [4.69, 9.17) is 9.15 Å². The van der Waals surface area contributed by atoms with E-state index in [0.717, 1.165) is 55.8 Å². The van der Waals surface area contributed by atoms with Gasteiger partial charge in [-0.2, -0.15) is 0 Å². The first kappa shape index (κ1) is 30.2. The van der Waals surface area contributed by atoms with Crippen LogP contribution in [0.4, 0.5) is 5.69 Å². The quantitative estimate of drug-likeness (QED) is 0.198. The Labute approximate surface area is 316 Å². The van der Waals surface area contributed by atoms with Gasteiger partial charge in [-0.15, -0.1) is 0 Å². The topological polar surface area (TPSA) is 39.3 Å². The molecule has 258 valence electrons. The van der Waals surface area contributed by atoms with Gasteiger partial charge in [0.05, 0.1) is 22.1 Å². The Morgan fingerprint density at radius 2 is 1.20 bits per heavy atom. The molecular formula is C51H32N2O2. The molecule has 0 bridgehead atoms. The van der Waals surface area contributed by atoms with Crippen LogP contribution in [0.15, 0.2) is 186 Å². The maximum atomic E-state index is 6.79. The van der Waals surface area contributed by atoms with E-state index >= 15 is 0 Å². The van der Waals surface area contributed by atoms with Crippen molar-refractivity contribution in [1.29, 1.82) is 0 Å². The minimum absolute atomic E-state index is 0.361. The van der Waals surface area contributed by atoms with Crippen LogP contribution in [0.5, 0.6) is 5.75 Å². The number of furan rings is 1. The summed E-state index contributed by atoms with van der Waals surface area (Å²) in [6.07, 6.45) is -0.361. The zero-order chi connectivity index (χ0) is 36.0. The van der Waals surface area contributed by atoms with Crippen LogP contribution in [0.25, 0.3) is 93.2 Å². The highest BCUT2D eigenvalue weighted by Gasteiger charge is 2.30. The molecule has 1 N–H and O–H groups in total. The van der Waals surface area contributed by atoms with Gasteiger partial charge in [0, 0.05) is 38.4 Å². The van der Waals surface area contributed by atoms with Crippen molar-refractivity contribution in [3.05, 3.63) is 188 Å². The second kappa shape index (κ2) is 11.6. The van der Waals surface area contributed by atoms with E-state index < -0.39 is 0 Å². The van der Waals surface area contributed by atoms with Crippen LogP contribution in [0.3, 0.4) is 0 Å². The van der Waals surface area contributed by atoms with Crippen molar-refractivity contribution in [2.24, 2.45) is 0 Å². The van der Waals surface area contributed by atoms with Crippen molar-refractivity contribution in [3.63, 3.8) is 0 Å². The summed E-state index contributed by atoms with van der Waals surface area (Å²) in [6.45, 7) is 0. The van der Waals surface area contributed by atoms with Crippen LogP contribution in [0.2, 0.25) is 0 Å². The number of nitrogens with zero attached hydrogens (tertiary/aromatic N) is 1. The fourth-order valence-electron chi connectivity index (χ4n) is 8.87. The molecule has 55 heavy (non-hydrogen) atoms. The molecular weight excluding hydrogens is 673 g/mol. The number of hydrogen-bond acceptors (Lipinski definition) is 3. The van der Waals surface area contributed by atoms with Gasteiger partial charge in [-0.1, -0.05) is 140 Å². The molecule has 1 aliphatic rings. The van der Waals surface area contributed by atoms with Gasteiger partial charge in [0.2, 0.25) is 0 Å². The second-order valence-corrected chi connectivity index (χ2v) is 14.5. The zero-order valence-corrected chi connectivity index (χ0v) is 29.7. The molecule has 0 spiro atoms. The van der Waals surface area contributed by atoms with E-state index in [-0.39, 0.29) is 6.23 Å². The SMILES string of the molecule is c1ccc(-c2cc3c4ccccc4n(-c4ccc(C5Nc6c(cc(-c7ccc8ccccc8c7)c7oc8ccccc8c67)O5)cc4)c3c3ccccc23)cc1. The fraction of sp³-hybridized carbons (Fsp3) is 0.0196. The number of benzene rings is 9. The number of hydrogen-bond donors (Lipinski definition) is 1. The van der Waals surface area contributed by atoms with Gasteiger partial charge in [0.1, 0.15) is 16.9 Å². The molecule has 4 heteroatoms. The number of aromatic nitrogens is 1. The highest BCUT2D eigenvalue weighted by Crippen LogP contribution is 2.50. The predicted octanol–water partition coefficient (Wildman–Crippen LogP) is 13.8. The molecule has 3 heterocycles. The Bertz CT molecular complexity index is 3320. The van der Waals surface area contributed by atoms with Crippen LogP contribution in [-0.4, -0.2) is 4.57 Å². The van der Waals surface area contributed by atoms with Gasteiger partial charge in [0.15, 0.2) is 6.23 Å². The van der Waals surface area contributed by atoms with Crippen LogP contribution in [-0.2, 0) is 0 Å². The lowest BCUT2D eigenvalue weighted by molar-refractivity contribution is 0.260. The first-order chi connectivity index (χ1) is 27.3. The fourth-order valence-corrected chi connectivity index (χ4v) is 8.87. The molecule has 12 rings (SSSR count). The first-order valence-electron chi connectivity index (χ1n) is 18.8. The molecule has 0 radical (unpaired) electrons. The number of ether oxygens (including phenoxy) is 1. The summed E-state index contributed by atoms with van der Waals surface area (Å²) in [5, 5.41) is 13.2. The summed E-state index contributed by atoms with van der Waals surface area (Å²) in [5.41, 5.74) is 11.8. The van der Waals surface area contributed by atoms with E-state index in [0.29, 0.717) is 0 Å². The molecule has 4 nitrogen and oxygen atoms in total. The minimum atomic E-state index is -0.361. The first-order valence-corrected chi connectivity index (χ1v) is 18.8. The number of fused-ring (bicyclic) bond motifs is 11. The lowest BCUT2D eigenvalue weighted by atomic mass is 9.95. The molecule has 9 aromatic carbocycles. The number of anilines is 1. The Morgan fingerprint density at radius 3 is 2.05 bits per heavy atom. The molecule has 11 aromatic rings. The highest BCUT2D eigenvalue weighted by atomic mass is 16.5. The maximum absolute atomic E-state index is 6.79. The Balaban J connectivity index is 0.980. The molecule has 1 aliphatic heterocycles. The minimum Gasteiger partial charge on any atom is -0.464 e. The van der Waals surface area contributed by atoms with Gasteiger partial charge < -0.3 is 19.0 Å². The molecule has 1 atom stereocenters. The molecule has 2 aromatic heterocycles. The van der Waals surface area contributed by atoms with Crippen molar-refractivity contribution in [3.8, 4) is 33.7 Å². The average molecular weight is 705 g/mol. The molecule has 0 saturated carbocycles. The van der Waals surface area contributed by atoms with Gasteiger partial charge in [0.25, 0.3) is 0 Å². The Morgan fingerprint density at radius 1 is 0.491 bits per heavy atom. The summed E-state index contributed by atoms with van der Waals surface area (Å²) < 4.78 is 15.8. The van der Waals surface area contributed by atoms with Crippen LogP contribution < -0.4 is 10.1 Å². The predicted molar refractivity (Wildman–Crippen MR) is 227 cm³/mol. The van der Waals surface area contributed by atoms with E-state index in [2.05, 4.69) is 180 Å². The number of para-hydroxylation sites is 2. The molecule has 0 amide bonds. The third kappa shape index (κ3) is 4.52. The summed E-state index contributed by atoms with van der Waals surface area (Å²) in [6, 6.07) is 64.9.